The van der Waals surface area contributed by atoms with Gasteiger partial charge in [-0.3, -0.25) is 0 Å². The summed E-state index contributed by atoms with van der Waals surface area (Å²) in [5, 5.41) is 1.46. The number of H-pyrrole nitrogens is 1. The molecule has 0 unspecified atom stereocenters. The molecule has 0 aliphatic rings. The monoisotopic (exact) mass is 251 g/mol. The predicted octanol–water partition coefficient (Wildman–Crippen LogP) is 3.78. The molecule has 0 bridgehead atoms. The van der Waals surface area contributed by atoms with E-state index in [9.17, 15) is 4.79 Å². The van der Waals surface area contributed by atoms with Crippen molar-refractivity contribution in [2.45, 2.75) is 26.4 Å². The molecular formula is C13H14ClNO2. The first-order valence-corrected chi connectivity index (χ1v) is 5.74. The van der Waals surface area contributed by atoms with Gasteiger partial charge < -0.3 is 9.72 Å². The van der Waals surface area contributed by atoms with Crippen LogP contribution in [0.5, 0.6) is 0 Å². The lowest BCUT2D eigenvalue weighted by molar-refractivity contribution is 0.00719. The van der Waals surface area contributed by atoms with Crippen LogP contribution in [0.4, 0.5) is 0 Å². The lowest BCUT2D eigenvalue weighted by Crippen LogP contribution is -2.23. The van der Waals surface area contributed by atoms with Gasteiger partial charge in [0.25, 0.3) is 0 Å². The van der Waals surface area contributed by atoms with Crippen LogP contribution in [0.3, 0.4) is 0 Å². The highest BCUT2D eigenvalue weighted by atomic mass is 35.5. The van der Waals surface area contributed by atoms with E-state index in [-0.39, 0.29) is 5.97 Å². The first kappa shape index (κ1) is 12.0. The van der Waals surface area contributed by atoms with Gasteiger partial charge in [0.15, 0.2) is 0 Å². The topological polar surface area (TPSA) is 42.1 Å². The smallest absolute Gasteiger partial charge is 0.340 e. The van der Waals surface area contributed by atoms with E-state index < -0.39 is 5.60 Å². The Bertz CT molecular complexity index is 566. The lowest BCUT2D eigenvalue weighted by Gasteiger charge is -2.19. The van der Waals surface area contributed by atoms with Gasteiger partial charge in [-0.15, -0.1) is 0 Å². The second kappa shape index (κ2) is 4.08. The summed E-state index contributed by atoms with van der Waals surface area (Å²) < 4.78 is 5.33. The molecule has 0 amide bonds. The number of carbonyl (C=O) groups excluding carboxylic acids is 1. The molecule has 17 heavy (non-hydrogen) atoms. The molecule has 0 aliphatic carbocycles. The van der Waals surface area contributed by atoms with Crippen LogP contribution in [0.15, 0.2) is 24.4 Å². The lowest BCUT2D eigenvalue weighted by atomic mass is 10.1. The van der Waals surface area contributed by atoms with Gasteiger partial charge in [0.2, 0.25) is 0 Å². The van der Waals surface area contributed by atoms with E-state index in [1.165, 1.54) is 0 Å². The summed E-state index contributed by atoms with van der Waals surface area (Å²) in [5.74, 6) is -0.328. The first-order chi connectivity index (χ1) is 7.87. The van der Waals surface area contributed by atoms with Crippen molar-refractivity contribution in [3.05, 3.63) is 35.0 Å². The van der Waals surface area contributed by atoms with Gasteiger partial charge >= 0.3 is 5.97 Å². The highest BCUT2D eigenvalue weighted by Crippen LogP contribution is 2.23. The number of ether oxygens (including phenoxy) is 1. The average molecular weight is 252 g/mol. The van der Waals surface area contributed by atoms with E-state index in [4.69, 9.17) is 16.3 Å². The van der Waals surface area contributed by atoms with Crippen LogP contribution in [0.2, 0.25) is 5.02 Å². The average Bonchev–Trinajstić information content (AvgIpc) is 2.57. The Labute approximate surface area is 105 Å². The molecule has 0 saturated heterocycles. The van der Waals surface area contributed by atoms with Crippen molar-refractivity contribution in [1.29, 1.82) is 0 Å². The third-order valence-electron chi connectivity index (χ3n) is 2.26. The Morgan fingerprint density at radius 2 is 2.06 bits per heavy atom. The van der Waals surface area contributed by atoms with Crippen LogP contribution >= 0.6 is 11.6 Å². The Hall–Kier alpha value is -1.48. The number of carbonyl (C=O) groups is 1. The van der Waals surface area contributed by atoms with Gasteiger partial charge in [-0.25, -0.2) is 4.79 Å². The number of hydrogen-bond acceptors (Lipinski definition) is 2. The first-order valence-electron chi connectivity index (χ1n) is 5.37. The predicted molar refractivity (Wildman–Crippen MR) is 68.5 cm³/mol. The van der Waals surface area contributed by atoms with Gasteiger partial charge in [-0.1, -0.05) is 17.7 Å². The highest BCUT2D eigenvalue weighted by molar-refractivity contribution is 6.31. The van der Waals surface area contributed by atoms with Gasteiger partial charge in [0.05, 0.1) is 5.56 Å². The minimum atomic E-state index is -0.493. The Morgan fingerprint density at radius 1 is 1.35 bits per heavy atom. The normalized spacial score (nSPS) is 11.8. The number of nitrogens with one attached hydrogen (secondary N) is 1. The fraction of sp³-hybridized carbons (Fsp3) is 0.308. The van der Waals surface area contributed by atoms with Crippen molar-refractivity contribution in [3.8, 4) is 0 Å². The number of fused-ring (bicyclic) bond motifs is 1. The maximum absolute atomic E-state index is 11.9. The van der Waals surface area contributed by atoms with E-state index in [2.05, 4.69) is 4.98 Å². The van der Waals surface area contributed by atoms with E-state index >= 15 is 0 Å². The maximum Gasteiger partial charge on any atom is 0.340 e. The number of hydrogen-bond donors (Lipinski definition) is 1. The molecule has 1 aromatic carbocycles. The summed E-state index contributed by atoms with van der Waals surface area (Å²) in [7, 11) is 0. The van der Waals surface area contributed by atoms with Gasteiger partial charge in [-0.2, -0.15) is 0 Å². The molecule has 1 aromatic heterocycles. The summed E-state index contributed by atoms with van der Waals surface area (Å²) >= 11 is 5.88. The zero-order valence-electron chi connectivity index (χ0n) is 10.0. The van der Waals surface area contributed by atoms with Gasteiger partial charge in [0, 0.05) is 22.1 Å². The Balaban J connectivity index is 2.40. The molecule has 0 atom stereocenters. The Kier molecular flexibility index (Phi) is 2.87. The van der Waals surface area contributed by atoms with Crippen molar-refractivity contribution < 1.29 is 9.53 Å². The number of aromatic amines is 1. The van der Waals surface area contributed by atoms with Gasteiger partial charge in [0.1, 0.15) is 5.60 Å². The van der Waals surface area contributed by atoms with Gasteiger partial charge in [-0.05, 0) is 32.9 Å². The molecule has 0 fully saturated rings. The number of esters is 1. The van der Waals surface area contributed by atoms with Crippen LogP contribution in [-0.4, -0.2) is 16.6 Å². The van der Waals surface area contributed by atoms with E-state index in [0.717, 1.165) is 10.9 Å². The molecule has 0 spiro atoms. The Morgan fingerprint density at radius 3 is 2.71 bits per heavy atom. The minimum absolute atomic E-state index is 0.328. The third-order valence-corrected chi connectivity index (χ3v) is 2.50. The zero-order chi connectivity index (χ0) is 12.6. The summed E-state index contributed by atoms with van der Waals surface area (Å²) in [6.45, 7) is 5.53. The summed E-state index contributed by atoms with van der Waals surface area (Å²) in [5.41, 5.74) is 0.873. The molecule has 0 aliphatic heterocycles. The number of halogens is 1. The number of rotatable bonds is 1. The van der Waals surface area contributed by atoms with E-state index in [1.807, 2.05) is 26.8 Å². The standard InChI is InChI=1S/C13H14ClNO2/c1-13(2,3)17-12(16)10-7-15-11-6-8(14)4-5-9(10)11/h4-7,15H,1-3H3. The highest BCUT2D eigenvalue weighted by Gasteiger charge is 2.20. The van der Waals surface area contributed by atoms with Crippen molar-refractivity contribution in [2.24, 2.45) is 0 Å². The van der Waals surface area contributed by atoms with Crippen molar-refractivity contribution in [3.63, 3.8) is 0 Å². The molecule has 0 radical (unpaired) electrons. The summed E-state index contributed by atoms with van der Waals surface area (Å²) in [4.78, 5) is 15.0. The molecule has 4 heteroatoms. The van der Waals surface area contributed by atoms with Crippen molar-refractivity contribution in [1.82, 2.24) is 4.98 Å². The second-order valence-corrected chi connectivity index (χ2v) is 5.33. The fourth-order valence-electron chi connectivity index (χ4n) is 1.60. The van der Waals surface area contributed by atoms with Crippen LogP contribution in [0.25, 0.3) is 10.9 Å². The van der Waals surface area contributed by atoms with E-state index in [1.54, 1.807) is 18.3 Å². The molecule has 3 nitrogen and oxygen atoms in total. The fourth-order valence-corrected chi connectivity index (χ4v) is 1.77. The second-order valence-electron chi connectivity index (χ2n) is 4.89. The molecular weight excluding hydrogens is 238 g/mol. The molecule has 1 heterocycles. The summed E-state index contributed by atoms with van der Waals surface area (Å²) in [6.07, 6.45) is 1.65. The SMILES string of the molecule is CC(C)(C)OC(=O)c1c[nH]c2cc(Cl)ccc12. The molecule has 90 valence electrons. The molecule has 2 rings (SSSR count). The van der Waals surface area contributed by atoms with E-state index in [0.29, 0.717) is 10.6 Å². The largest absolute Gasteiger partial charge is 0.456 e. The van der Waals surface area contributed by atoms with Crippen LogP contribution in [0.1, 0.15) is 31.1 Å². The number of aromatic nitrogens is 1. The van der Waals surface area contributed by atoms with Crippen molar-refractivity contribution >= 4 is 28.5 Å². The third kappa shape index (κ3) is 2.61. The molecule has 1 N–H and O–H groups in total. The zero-order valence-corrected chi connectivity index (χ0v) is 10.8. The molecule has 0 saturated carbocycles. The molecule has 2 aromatic rings. The quantitative estimate of drug-likeness (QED) is 0.784. The summed E-state index contributed by atoms with van der Waals surface area (Å²) in [6, 6.07) is 5.35. The van der Waals surface area contributed by atoms with Crippen molar-refractivity contribution in [2.75, 3.05) is 0 Å². The maximum atomic E-state index is 11.9. The van der Waals surface area contributed by atoms with Crippen LogP contribution in [-0.2, 0) is 4.74 Å². The van der Waals surface area contributed by atoms with Crippen LogP contribution < -0.4 is 0 Å². The van der Waals surface area contributed by atoms with Crippen LogP contribution in [0, 0.1) is 0 Å². The minimum Gasteiger partial charge on any atom is -0.456 e. The number of benzene rings is 1.